The minimum Gasteiger partial charge on any atom is -0.497 e. The number of ether oxygens (including phenoxy) is 1. The van der Waals surface area contributed by atoms with Gasteiger partial charge >= 0.3 is 0 Å². The lowest BCUT2D eigenvalue weighted by molar-refractivity contribution is 0.415. The Morgan fingerprint density at radius 2 is 2.25 bits per heavy atom. The Hall–Kier alpha value is -1.51. The van der Waals surface area contributed by atoms with E-state index < -0.39 is 0 Å². The van der Waals surface area contributed by atoms with Crippen LogP contribution >= 0.6 is 0 Å². The highest BCUT2D eigenvalue weighted by atomic mass is 16.5. The number of rotatable bonds is 1. The molecule has 3 nitrogen and oxygen atoms in total. The van der Waals surface area contributed by atoms with Gasteiger partial charge in [0.05, 0.1) is 12.6 Å². The first-order valence-corrected chi connectivity index (χ1v) is 3.77. The second-order valence-electron chi connectivity index (χ2n) is 2.73. The molecule has 0 saturated carbocycles. The van der Waals surface area contributed by atoms with Crippen molar-refractivity contribution in [3.63, 3.8) is 0 Å². The Bertz CT molecular complexity index is 406. The molecule has 0 spiro atoms. The molecular formula is C9H10N2O. The Balaban J connectivity index is 2.66. The molecule has 0 aliphatic heterocycles. The molecule has 0 bridgehead atoms. The van der Waals surface area contributed by atoms with Gasteiger partial charge < -0.3 is 4.74 Å². The van der Waals surface area contributed by atoms with E-state index in [-0.39, 0.29) is 0 Å². The predicted molar refractivity (Wildman–Crippen MR) is 47.3 cm³/mol. The monoisotopic (exact) mass is 162 g/mol. The van der Waals surface area contributed by atoms with E-state index in [1.54, 1.807) is 11.8 Å². The van der Waals surface area contributed by atoms with Gasteiger partial charge in [-0.25, -0.2) is 0 Å². The summed E-state index contributed by atoms with van der Waals surface area (Å²) in [6.07, 6.45) is 1.97. The third-order valence-corrected chi connectivity index (χ3v) is 1.83. The molecule has 12 heavy (non-hydrogen) atoms. The van der Waals surface area contributed by atoms with Crippen LogP contribution in [0.15, 0.2) is 24.4 Å². The first kappa shape index (κ1) is 7.16. The third-order valence-electron chi connectivity index (χ3n) is 1.83. The number of nitrogens with zero attached hydrogens (tertiary/aromatic N) is 2. The van der Waals surface area contributed by atoms with E-state index in [0.29, 0.717) is 0 Å². The summed E-state index contributed by atoms with van der Waals surface area (Å²) in [7, 11) is 3.57. The molecule has 0 unspecified atom stereocenters. The summed E-state index contributed by atoms with van der Waals surface area (Å²) in [6, 6.07) is 5.84. The molecule has 0 radical (unpaired) electrons. The highest BCUT2D eigenvalue weighted by molar-refractivity contribution is 5.79. The van der Waals surface area contributed by atoms with Crippen molar-refractivity contribution < 1.29 is 4.74 Å². The summed E-state index contributed by atoms with van der Waals surface area (Å²) in [5.74, 6) is 0.871. The molecule has 3 heteroatoms. The maximum Gasteiger partial charge on any atom is 0.119 e. The van der Waals surface area contributed by atoms with Crippen molar-refractivity contribution in [2.24, 2.45) is 7.05 Å². The van der Waals surface area contributed by atoms with E-state index in [4.69, 9.17) is 4.74 Å². The topological polar surface area (TPSA) is 27.1 Å². The quantitative estimate of drug-likeness (QED) is 0.636. The van der Waals surface area contributed by atoms with Gasteiger partial charge in [0.2, 0.25) is 0 Å². The molecule has 0 N–H and O–H groups in total. The van der Waals surface area contributed by atoms with Gasteiger partial charge in [0, 0.05) is 18.6 Å². The van der Waals surface area contributed by atoms with Crippen LogP contribution in [0.1, 0.15) is 0 Å². The van der Waals surface area contributed by atoms with Crippen LogP contribution in [-0.4, -0.2) is 16.9 Å². The number of fused-ring (bicyclic) bond motifs is 1. The van der Waals surface area contributed by atoms with Crippen molar-refractivity contribution in [2.45, 2.75) is 0 Å². The lowest BCUT2D eigenvalue weighted by Crippen LogP contribution is -1.84. The zero-order chi connectivity index (χ0) is 8.55. The van der Waals surface area contributed by atoms with E-state index in [0.717, 1.165) is 16.7 Å². The minimum atomic E-state index is 0.871. The summed E-state index contributed by atoms with van der Waals surface area (Å²) < 4.78 is 6.89. The minimum absolute atomic E-state index is 0.871. The van der Waals surface area contributed by atoms with Crippen molar-refractivity contribution in [1.29, 1.82) is 0 Å². The third kappa shape index (κ3) is 1.03. The van der Waals surface area contributed by atoms with Crippen LogP contribution in [0.3, 0.4) is 0 Å². The normalized spacial score (nSPS) is 10.5. The number of hydrogen-bond donors (Lipinski definition) is 0. The van der Waals surface area contributed by atoms with Crippen LogP contribution in [0, 0.1) is 0 Å². The Morgan fingerprint density at radius 3 is 3.00 bits per heavy atom. The van der Waals surface area contributed by atoms with Crippen LogP contribution in [0.25, 0.3) is 10.9 Å². The maximum atomic E-state index is 5.09. The molecular weight excluding hydrogens is 152 g/mol. The van der Waals surface area contributed by atoms with Crippen LogP contribution in [0.2, 0.25) is 0 Å². The summed E-state index contributed by atoms with van der Waals surface area (Å²) in [6.45, 7) is 0. The molecule has 0 aliphatic rings. The molecule has 0 saturated heterocycles. The highest BCUT2D eigenvalue weighted by Crippen LogP contribution is 2.18. The molecule has 0 fully saturated rings. The fourth-order valence-electron chi connectivity index (χ4n) is 1.25. The largest absolute Gasteiger partial charge is 0.497 e. The van der Waals surface area contributed by atoms with Gasteiger partial charge in [-0.05, 0) is 18.2 Å². The van der Waals surface area contributed by atoms with Gasteiger partial charge in [0.1, 0.15) is 5.75 Å². The predicted octanol–water partition coefficient (Wildman–Crippen LogP) is 1.58. The fourth-order valence-corrected chi connectivity index (χ4v) is 1.25. The van der Waals surface area contributed by atoms with Crippen LogP contribution in [0.4, 0.5) is 0 Å². The number of benzene rings is 1. The van der Waals surface area contributed by atoms with Crippen molar-refractivity contribution in [2.75, 3.05) is 7.11 Å². The summed E-state index contributed by atoms with van der Waals surface area (Å²) >= 11 is 0. The van der Waals surface area contributed by atoms with E-state index >= 15 is 0 Å². The van der Waals surface area contributed by atoms with Crippen LogP contribution in [0.5, 0.6) is 5.75 Å². The Kier molecular flexibility index (Phi) is 1.50. The second-order valence-corrected chi connectivity index (χ2v) is 2.73. The SMILES string of the molecule is COc1ccc2nn(C)cc2c1. The van der Waals surface area contributed by atoms with E-state index in [2.05, 4.69) is 5.10 Å². The number of hydrogen-bond acceptors (Lipinski definition) is 2. The molecule has 1 aromatic carbocycles. The highest BCUT2D eigenvalue weighted by Gasteiger charge is 1.98. The van der Waals surface area contributed by atoms with Gasteiger partial charge in [0.15, 0.2) is 0 Å². The second kappa shape index (κ2) is 2.52. The van der Waals surface area contributed by atoms with Crippen molar-refractivity contribution in [1.82, 2.24) is 9.78 Å². The smallest absolute Gasteiger partial charge is 0.119 e. The van der Waals surface area contributed by atoms with Crippen molar-refractivity contribution in [3.05, 3.63) is 24.4 Å². The van der Waals surface area contributed by atoms with Crippen molar-refractivity contribution in [3.8, 4) is 5.75 Å². The molecule has 1 aromatic heterocycles. The number of methoxy groups -OCH3 is 1. The van der Waals surface area contributed by atoms with Crippen LogP contribution < -0.4 is 4.74 Å². The van der Waals surface area contributed by atoms with Gasteiger partial charge in [0.25, 0.3) is 0 Å². The first-order valence-electron chi connectivity index (χ1n) is 3.77. The number of aromatic nitrogens is 2. The lowest BCUT2D eigenvalue weighted by atomic mass is 10.2. The van der Waals surface area contributed by atoms with Gasteiger partial charge in [-0.2, -0.15) is 5.10 Å². The van der Waals surface area contributed by atoms with E-state index in [1.807, 2.05) is 31.4 Å². The molecule has 2 aromatic rings. The Morgan fingerprint density at radius 1 is 1.42 bits per heavy atom. The standard InChI is InChI=1S/C9H10N2O/c1-11-6-7-5-8(12-2)3-4-9(7)10-11/h3-6H,1-2H3. The summed E-state index contributed by atoms with van der Waals surface area (Å²) in [5.41, 5.74) is 0.998. The lowest BCUT2D eigenvalue weighted by Gasteiger charge is -1.96. The molecule has 0 amide bonds. The van der Waals surface area contributed by atoms with Gasteiger partial charge in [-0.1, -0.05) is 0 Å². The van der Waals surface area contributed by atoms with Crippen molar-refractivity contribution >= 4 is 10.9 Å². The summed E-state index contributed by atoms with van der Waals surface area (Å²) in [4.78, 5) is 0. The molecule has 2 rings (SSSR count). The van der Waals surface area contributed by atoms with E-state index in [9.17, 15) is 0 Å². The first-order chi connectivity index (χ1) is 5.79. The van der Waals surface area contributed by atoms with Gasteiger partial charge in [-0.3, -0.25) is 4.68 Å². The summed E-state index contributed by atoms with van der Waals surface area (Å²) in [5, 5.41) is 5.36. The Labute approximate surface area is 70.6 Å². The zero-order valence-corrected chi connectivity index (χ0v) is 7.11. The molecule has 1 heterocycles. The fraction of sp³-hybridized carbons (Fsp3) is 0.222. The van der Waals surface area contributed by atoms with Gasteiger partial charge in [-0.15, -0.1) is 0 Å². The molecule has 0 aliphatic carbocycles. The number of aryl methyl sites for hydroxylation is 1. The maximum absolute atomic E-state index is 5.09. The average Bonchev–Trinajstić information content (AvgIpc) is 2.43. The van der Waals surface area contributed by atoms with E-state index in [1.165, 1.54) is 0 Å². The average molecular weight is 162 g/mol. The zero-order valence-electron chi connectivity index (χ0n) is 7.11. The molecule has 62 valence electrons. The molecule has 0 atom stereocenters. The van der Waals surface area contributed by atoms with Crippen LogP contribution in [-0.2, 0) is 7.05 Å².